The average Bonchev–Trinajstić information content (AvgIpc) is 2.43. The number of amides is 1. The van der Waals surface area contributed by atoms with Crippen molar-refractivity contribution in [3.8, 4) is 0 Å². The maximum absolute atomic E-state index is 13.5. The molecule has 0 aliphatic heterocycles. The summed E-state index contributed by atoms with van der Waals surface area (Å²) in [6.45, 7) is 1.94. The number of benzene rings is 2. The first-order valence-corrected chi connectivity index (χ1v) is 6.32. The lowest BCUT2D eigenvalue weighted by Crippen LogP contribution is -2.21. The Balaban J connectivity index is 2.17. The highest BCUT2D eigenvalue weighted by atomic mass is 19.1. The lowest BCUT2D eigenvalue weighted by molar-refractivity contribution is -0.117. The summed E-state index contributed by atoms with van der Waals surface area (Å²) in [6.07, 6.45) is 0.671. The molecule has 0 heterocycles. The Morgan fingerprint density at radius 3 is 2.37 bits per heavy atom. The lowest BCUT2D eigenvalue weighted by Gasteiger charge is -2.15. The van der Waals surface area contributed by atoms with Crippen LogP contribution in [0.5, 0.6) is 0 Å². The fraction of sp³-hybridized carbons (Fsp3) is 0.188. The number of carbonyl (C=O) groups excluding carboxylic acids is 1. The summed E-state index contributed by atoms with van der Waals surface area (Å²) in [5.41, 5.74) is 1.17. The van der Waals surface area contributed by atoms with Crippen LogP contribution in [-0.4, -0.2) is 5.91 Å². The van der Waals surface area contributed by atoms with Crippen molar-refractivity contribution in [2.45, 2.75) is 19.3 Å². The van der Waals surface area contributed by atoms with E-state index >= 15 is 0 Å². The van der Waals surface area contributed by atoms with Crippen LogP contribution >= 0.6 is 0 Å². The minimum Gasteiger partial charge on any atom is -0.323 e. The van der Waals surface area contributed by atoms with Gasteiger partial charge in [-0.15, -0.1) is 0 Å². The summed E-state index contributed by atoms with van der Waals surface area (Å²) < 4.78 is 13.5. The summed E-state index contributed by atoms with van der Waals surface area (Å²) >= 11 is 0. The predicted octanol–water partition coefficient (Wildman–Crippen LogP) is 3.96. The van der Waals surface area contributed by atoms with Gasteiger partial charge in [-0.2, -0.15) is 0 Å². The van der Waals surface area contributed by atoms with Crippen molar-refractivity contribution in [3.05, 3.63) is 66.0 Å². The monoisotopic (exact) mass is 257 g/mol. The molecule has 2 aromatic carbocycles. The van der Waals surface area contributed by atoms with E-state index in [2.05, 4.69) is 5.32 Å². The van der Waals surface area contributed by atoms with E-state index in [1.165, 1.54) is 6.07 Å². The van der Waals surface area contributed by atoms with Crippen LogP contribution in [0.3, 0.4) is 0 Å². The number of anilines is 1. The van der Waals surface area contributed by atoms with Gasteiger partial charge in [0.05, 0.1) is 11.6 Å². The Hall–Kier alpha value is -2.16. The van der Waals surface area contributed by atoms with Crippen LogP contribution in [0.15, 0.2) is 54.6 Å². The third-order valence-corrected chi connectivity index (χ3v) is 3.06. The molecule has 98 valence electrons. The van der Waals surface area contributed by atoms with E-state index in [0.29, 0.717) is 6.42 Å². The van der Waals surface area contributed by atoms with Crippen molar-refractivity contribution in [2.75, 3.05) is 5.32 Å². The maximum Gasteiger partial charge on any atom is 0.231 e. The molecule has 1 amide bonds. The van der Waals surface area contributed by atoms with E-state index in [4.69, 9.17) is 0 Å². The number of hydrogen-bond acceptors (Lipinski definition) is 1. The Labute approximate surface area is 112 Å². The summed E-state index contributed by atoms with van der Waals surface area (Å²) in [4.78, 5) is 12.2. The molecule has 0 spiro atoms. The van der Waals surface area contributed by atoms with E-state index < -0.39 is 5.82 Å². The molecule has 0 fully saturated rings. The molecule has 19 heavy (non-hydrogen) atoms. The van der Waals surface area contributed by atoms with Crippen molar-refractivity contribution >= 4 is 11.6 Å². The molecule has 0 aromatic heterocycles. The molecule has 0 unspecified atom stereocenters. The standard InChI is InChI=1S/C16H16FNO/c1-2-13(12-8-4-3-5-9-12)16(19)18-15-11-7-6-10-14(15)17/h3-11,13H,2H2,1H3,(H,18,19)/t13-/m0/s1. The number of para-hydroxylation sites is 1. The molecule has 3 heteroatoms. The lowest BCUT2D eigenvalue weighted by atomic mass is 9.95. The molecular weight excluding hydrogens is 241 g/mol. The first kappa shape index (κ1) is 13.3. The van der Waals surface area contributed by atoms with Crippen LogP contribution < -0.4 is 5.32 Å². The number of rotatable bonds is 4. The van der Waals surface area contributed by atoms with Crippen LogP contribution in [0.4, 0.5) is 10.1 Å². The Bertz CT molecular complexity index is 554. The highest BCUT2D eigenvalue weighted by Crippen LogP contribution is 2.22. The third-order valence-electron chi connectivity index (χ3n) is 3.06. The number of halogens is 1. The zero-order valence-corrected chi connectivity index (χ0v) is 10.8. The molecule has 2 nitrogen and oxygen atoms in total. The molecule has 0 aliphatic rings. The van der Waals surface area contributed by atoms with Crippen LogP contribution in [0.2, 0.25) is 0 Å². The SMILES string of the molecule is CC[C@H](C(=O)Nc1ccccc1F)c1ccccc1. The Kier molecular flexibility index (Phi) is 4.29. The van der Waals surface area contributed by atoms with Gasteiger partial charge in [0.15, 0.2) is 0 Å². The van der Waals surface area contributed by atoms with E-state index in [-0.39, 0.29) is 17.5 Å². The van der Waals surface area contributed by atoms with Gasteiger partial charge in [-0.25, -0.2) is 4.39 Å². The van der Waals surface area contributed by atoms with Gasteiger partial charge in [-0.1, -0.05) is 49.4 Å². The van der Waals surface area contributed by atoms with E-state index in [1.54, 1.807) is 18.2 Å². The van der Waals surface area contributed by atoms with Crippen molar-refractivity contribution in [3.63, 3.8) is 0 Å². The summed E-state index contributed by atoms with van der Waals surface area (Å²) in [7, 11) is 0. The van der Waals surface area contributed by atoms with Crippen molar-refractivity contribution in [1.82, 2.24) is 0 Å². The smallest absolute Gasteiger partial charge is 0.231 e. The average molecular weight is 257 g/mol. The maximum atomic E-state index is 13.5. The second-order valence-electron chi connectivity index (χ2n) is 4.34. The van der Waals surface area contributed by atoms with Gasteiger partial charge >= 0.3 is 0 Å². The van der Waals surface area contributed by atoms with Crippen LogP contribution in [-0.2, 0) is 4.79 Å². The van der Waals surface area contributed by atoms with Crippen LogP contribution in [0, 0.1) is 5.82 Å². The highest BCUT2D eigenvalue weighted by Gasteiger charge is 2.19. The Morgan fingerprint density at radius 2 is 1.74 bits per heavy atom. The molecular formula is C16H16FNO. The highest BCUT2D eigenvalue weighted by molar-refractivity contribution is 5.95. The van der Waals surface area contributed by atoms with Gasteiger partial charge < -0.3 is 5.32 Å². The largest absolute Gasteiger partial charge is 0.323 e. The molecule has 2 rings (SSSR count). The molecule has 1 atom stereocenters. The van der Waals surface area contributed by atoms with Crippen molar-refractivity contribution in [2.24, 2.45) is 0 Å². The second-order valence-corrected chi connectivity index (χ2v) is 4.34. The van der Waals surface area contributed by atoms with Gasteiger partial charge in [0.2, 0.25) is 5.91 Å². The predicted molar refractivity (Wildman–Crippen MR) is 74.5 cm³/mol. The minimum absolute atomic E-state index is 0.182. The zero-order chi connectivity index (χ0) is 13.7. The molecule has 0 aliphatic carbocycles. The van der Waals surface area contributed by atoms with Crippen LogP contribution in [0.1, 0.15) is 24.8 Å². The number of carbonyl (C=O) groups is 1. The Morgan fingerprint density at radius 1 is 1.11 bits per heavy atom. The molecule has 0 saturated carbocycles. The third kappa shape index (κ3) is 3.19. The quantitative estimate of drug-likeness (QED) is 0.882. The summed E-state index contributed by atoms with van der Waals surface area (Å²) in [5, 5.41) is 2.65. The zero-order valence-electron chi connectivity index (χ0n) is 10.8. The van der Waals surface area contributed by atoms with Crippen molar-refractivity contribution in [1.29, 1.82) is 0 Å². The number of hydrogen-bond donors (Lipinski definition) is 1. The van der Waals surface area contributed by atoms with E-state index in [1.807, 2.05) is 37.3 Å². The summed E-state index contributed by atoms with van der Waals surface area (Å²) in [6, 6.07) is 15.7. The summed E-state index contributed by atoms with van der Waals surface area (Å²) in [5.74, 6) is -0.863. The van der Waals surface area contributed by atoms with Crippen LogP contribution in [0.25, 0.3) is 0 Å². The van der Waals surface area contributed by atoms with Gasteiger partial charge in [0, 0.05) is 0 Å². The van der Waals surface area contributed by atoms with Crippen molar-refractivity contribution < 1.29 is 9.18 Å². The molecule has 1 N–H and O–H groups in total. The molecule has 0 saturated heterocycles. The topological polar surface area (TPSA) is 29.1 Å². The van der Waals surface area contributed by atoms with Gasteiger partial charge in [0.25, 0.3) is 0 Å². The van der Waals surface area contributed by atoms with Gasteiger partial charge in [-0.3, -0.25) is 4.79 Å². The first-order chi connectivity index (χ1) is 9.22. The van der Waals surface area contributed by atoms with Gasteiger partial charge in [-0.05, 0) is 24.1 Å². The second kappa shape index (κ2) is 6.14. The molecule has 0 bridgehead atoms. The first-order valence-electron chi connectivity index (χ1n) is 6.32. The fourth-order valence-electron chi connectivity index (χ4n) is 2.04. The molecule has 2 aromatic rings. The minimum atomic E-state index is -0.418. The number of nitrogens with one attached hydrogen (secondary N) is 1. The van der Waals surface area contributed by atoms with Gasteiger partial charge in [0.1, 0.15) is 5.82 Å². The molecule has 0 radical (unpaired) electrons. The normalized spacial score (nSPS) is 11.9. The van der Waals surface area contributed by atoms with E-state index in [0.717, 1.165) is 5.56 Å². The van der Waals surface area contributed by atoms with E-state index in [9.17, 15) is 9.18 Å². The fourth-order valence-corrected chi connectivity index (χ4v) is 2.04.